The molecule has 1 atom stereocenters. The Hall–Kier alpha value is -1.72. The van der Waals surface area contributed by atoms with Crippen molar-refractivity contribution in [2.75, 3.05) is 17.6 Å². The third-order valence-corrected chi connectivity index (χ3v) is 4.92. The van der Waals surface area contributed by atoms with Crippen LogP contribution in [0.5, 0.6) is 0 Å². The van der Waals surface area contributed by atoms with Crippen molar-refractivity contribution in [1.29, 1.82) is 0 Å². The molecule has 1 aliphatic heterocycles. The van der Waals surface area contributed by atoms with Gasteiger partial charge in [-0.25, -0.2) is 9.18 Å². The Balaban J connectivity index is 1.73. The van der Waals surface area contributed by atoms with Crippen molar-refractivity contribution in [3.8, 4) is 0 Å². The maximum atomic E-state index is 13.0. The highest BCUT2D eigenvalue weighted by Gasteiger charge is 2.30. The molecule has 6 heteroatoms. The molecule has 2 aromatic rings. The first kappa shape index (κ1) is 15.2. The van der Waals surface area contributed by atoms with Crippen LogP contribution in [0.1, 0.15) is 10.9 Å². The SMILES string of the molecule is O=C(Nc1ccc(Cl)cc1)N1CCS[C@@H]1c1ccc(F)cc1. The number of amides is 2. The molecule has 0 aliphatic carbocycles. The van der Waals surface area contributed by atoms with E-state index in [0.29, 0.717) is 17.3 Å². The van der Waals surface area contributed by atoms with Crippen LogP contribution in [0.3, 0.4) is 0 Å². The minimum absolute atomic E-state index is 0.0899. The van der Waals surface area contributed by atoms with Crippen LogP contribution < -0.4 is 5.32 Å². The zero-order valence-electron chi connectivity index (χ0n) is 11.6. The minimum Gasteiger partial charge on any atom is -0.308 e. The molecule has 114 valence electrons. The van der Waals surface area contributed by atoms with Crippen LogP contribution in [-0.2, 0) is 0 Å². The fourth-order valence-electron chi connectivity index (χ4n) is 2.31. The molecule has 1 N–H and O–H groups in total. The summed E-state index contributed by atoms with van der Waals surface area (Å²) in [5, 5.41) is 3.40. The molecule has 0 saturated carbocycles. The van der Waals surface area contributed by atoms with Gasteiger partial charge in [0.2, 0.25) is 0 Å². The van der Waals surface area contributed by atoms with Crippen molar-refractivity contribution in [3.63, 3.8) is 0 Å². The molecule has 1 fully saturated rings. The molecule has 0 spiro atoms. The van der Waals surface area contributed by atoms with Gasteiger partial charge in [-0.1, -0.05) is 23.7 Å². The number of anilines is 1. The molecule has 1 heterocycles. The highest BCUT2D eigenvalue weighted by atomic mass is 35.5. The van der Waals surface area contributed by atoms with E-state index < -0.39 is 0 Å². The van der Waals surface area contributed by atoms with Gasteiger partial charge in [0.15, 0.2) is 0 Å². The summed E-state index contributed by atoms with van der Waals surface area (Å²) < 4.78 is 13.0. The van der Waals surface area contributed by atoms with Crippen molar-refractivity contribution < 1.29 is 9.18 Å². The maximum Gasteiger partial charge on any atom is 0.323 e. The van der Waals surface area contributed by atoms with Gasteiger partial charge in [-0.15, -0.1) is 11.8 Å². The molecule has 1 aliphatic rings. The Morgan fingerprint density at radius 2 is 1.86 bits per heavy atom. The van der Waals surface area contributed by atoms with Crippen molar-refractivity contribution in [2.45, 2.75) is 5.37 Å². The molecule has 1 saturated heterocycles. The first-order valence-corrected chi connectivity index (χ1v) is 8.26. The standard InChI is InChI=1S/C16H14ClFN2OS/c17-12-3-7-14(8-4-12)19-16(21)20-9-10-22-15(20)11-1-5-13(18)6-2-11/h1-8,15H,9-10H2,(H,19,21)/t15-/m1/s1. The normalized spacial score (nSPS) is 17.5. The lowest BCUT2D eigenvalue weighted by Gasteiger charge is -2.24. The maximum absolute atomic E-state index is 13.0. The molecule has 22 heavy (non-hydrogen) atoms. The predicted molar refractivity (Wildman–Crippen MR) is 88.8 cm³/mol. The van der Waals surface area contributed by atoms with E-state index in [1.807, 2.05) is 0 Å². The topological polar surface area (TPSA) is 32.3 Å². The van der Waals surface area contributed by atoms with Gasteiger partial charge >= 0.3 is 6.03 Å². The van der Waals surface area contributed by atoms with Gasteiger partial charge in [0.25, 0.3) is 0 Å². The Kier molecular flexibility index (Phi) is 4.55. The van der Waals surface area contributed by atoms with E-state index in [-0.39, 0.29) is 17.2 Å². The number of halogens is 2. The third kappa shape index (κ3) is 3.36. The highest BCUT2D eigenvalue weighted by Crippen LogP contribution is 2.38. The van der Waals surface area contributed by atoms with E-state index in [2.05, 4.69) is 5.32 Å². The van der Waals surface area contributed by atoms with Crippen LogP contribution in [0.2, 0.25) is 5.02 Å². The molecule has 2 aromatic carbocycles. The van der Waals surface area contributed by atoms with Crippen molar-refractivity contribution >= 4 is 35.1 Å². The number of urea groups is 1. The average Bonchev–Trinajstić information content (AvgIpc) is 3.00. The number of carbonyl (C=O) groups is 1. The van der Waals surface area contributed by atoms with Gasteiger partial charge in [-0.2, -0.15) is 0 Å². The van der Waals surface area contributed by atoms with Crippen LogP contribution in [0.15, 0.2) is 48.5 Å². The van der Waals surface area contributed by atoms with E-state index in [1.54, 1.807) is 53.1 Å². The summed E-state index contributed by atoms with van der Waals surface area (Å²) in [7, 11) is 0. The molecule has 0 radical (unpaired) electrons. The summed E-state index contributed by atoms with van der Waals surface area (Å²) >= 11 is 7.51. The molecular formula is C16H14ClFN2OS. The Morgan fingerprint density at radius 3 is 2.55 bits per heavy atom. The lowest BCUT2D eigenvalue weighted by Crippen LogP contribution is -2.34. The first-order valence-electron chi connectivity index (χ1n) is 6.84. The Labute approximate surface area is 137 Å². The zero-order valence-corrected chi connectivity index (χ0v) is 13.2. The van der Waals surface area contributed by atoms with Gasteiger partial charge < -0.3 is 10.2 Å². The van der Waals surface area contributed by atoms with Crippen LogP contribution in [0.25, 0.3) is 0 Å². The van der Waals surface area contributed by atoms with Crippen molar-refractivity contribution in [2.24, 2.45) is 0 Å². The van der Waals surface area contributed by atoms with Gasteiger partial charge in [-0.3, -0.25) is 0 Å². The summed E-state index contributed by atoms with van der Waals surface area (Å²) in [5.41, 5.74) is 1.62. The molecule has 2 amide bonds. The summed E-state index contributed by atoms with van der Waals surface area (Å²) in [4.78, 5) is 14.2. The van der Waals surface area contributed by atoms with E-state index in [9.17, 15) is 9.18 Å². The monoisotopic (exact) mass is 336 g/mol. The second kappa shape index (κ2) is 6.58. The largest absolute Gasteiger partial charge is 0.323 e. The van der Waals surface area contributed by atoms with Crippen molar-refractivity contribution in [3.05, 3.63) is 64.9 Å². The van der Waals surface area contributed by atoms with Crippen LogP contribution in [0.4, 0.5) is 14.9 Å². The number of benzene rings is 2. The third-order valence-electron chi connectivity index (χ3n) is 3.40. The molecule has 0 aromatic heterocycles. The number of hydrogen-bond donors (Lipinski definition) is 1. The number of carbonyl (C=O) groups excluding carboxylic acids is 1. The quantitative estimate of drug-likeness (QED) is 0.857. The predicted octanol–water partition coefficient (Wildman–Crippen LogP) is 4.76. The van der Waals surface area contributed by atoms with Gasteiger partial charge in [0, 0.05) is 23.0 Å². The van der Waals surface area contributed by atoms with Crippen LogP contribution >= 0.6 is 23.4 Å². The van der Waals surface area contributed by atoms with E-state index in [0.717, 1.165) is 11.3 Å². The lowest BCUT2D eigenvalue weighted by atomic mass is 10.2. The summed E-state index contributed by atoms with van der Waals surface area (Å²) in [6.45, 7) is 0.659. The average molecular weight is 337 g/mol. The lowest BCUT2D eigenvalue weighted by molar-refractivity contribution is 0.214. The summed E-state index contributed by atoms with van der Waals surface area (Å²) in [6.07, 6.45) is 0. The first-order chi connectivity index (χ1) is 10.6. The Morgan fingerprint density at radius 1 is 1.18 bits per heavy atom. The summed E-state index contributed by atoms with van der Waals surface area (Å²) in [5.74, 6) is 0.583. The molecule has 3 nitrogen and oxygen atoms in total. The number of hydrogen-bond acceptors (Lipinski definition) is 2. The molecule has 0 bridgehead atoms. The van der Waals surface area contributed by atoms with E-state index in [1.165, 1.54) is 12.1 Å². The smallest absolute Gasteiger partial charge is 0.308 e. The number of nitrogens with one attached hydrogen (secondary N) is 1. The Bertz CT molecular complexity index is 663. The molecular weight excluding hydrogens is 323 g/mol. The van der Waals surface area contributed by atoms with Crippen molar-refractivity contribution in [1.82, 2.24) is 4.90 Å². The van der Waals surface area contributed by atoms with Crippen LogP contribution in [-0.4, -0.2) is 23.2 Å². The highest BCUT2D eigenvalue weighted by molar-refractivity contribution is 7.99. The fraction of sp³-hybridized carbons (Fsp3) is 0.188. The summed E-state index contributed by atoms with van der Waals surface area (Å²) in [6, 6.07) is 13.1. The molecule has 3 rings (SSSR count). The second-order valence-electron chi connectivity index (χ2n) is 4.91. The second-order valence-corrected chi connectivity index (χ2v) is 6.53. The minimum atomic E-state index is -0.274. The van der Waals surface area contributed by atoms with Gasteiger partial charge in [-0.05, 0) is 42.0 Å². The van der Waals surface area contributed by atoms with Gasteiger partial charge in [0.1, 0.15) is 11.2 Å². The van der Waals surface area contributed by atoms with E-state index in [4.69, 9.17) is 11.6 Å². The fourth-order valence-corrected chi connectivity index (χ4v) is 3.69. The number of nitrogens with zero attached hydrogens (tertiary/aromatic N) is 1. The molecule has 0 unspecified atom stereocenters. The van der Waals surface area contributed by atoms with Gasteiger partial charge in [0.05, 0.1) is 0 Å². The van der Waals surface area contributed by atoms with E-state index >= 15 is 0 Å². The zero-order chi connectivity index (χ0) is 15.5. The number of rotatable bonds is 2. The van der Waals surface area contributed by atoms with Crippen LogP contribution in [0, 0.1) is 5.82 Å². The number of thioether (sulfide) groups is 1.